The Kier molecular flexibility index (Phi) is 7.78. The SMILES string of the molecule is C[C@H](CO)N1C[C@H](C)[C@H](CN(C)Cc2ccc(F)cc2)Oc2ncc(-c3ccccc3)cc2C1=O. The van der Waals surface area contributed by atoms with Crippen LogP contribution in [0.2, 0.25) is 0 Å². The molecule has 0 spiro atoms. The van der Waals surface area contributed by atoms with Crippen LogP contribution >= 0.6 is 0 Å². The average molecular weight is 478 g/mol. The Bertz CT molecular complexity index is 1140. The lowest BCUT2D eigenvalue weighted by atomic mass is 9.99. The van der Waals surface area contributed by atoms with Crippen LogP contribution in [0, 0.1) is 11.7 Å². The maximum absolute atomic E-state index is 13.6. The number of halogens is 1. The summed E-state index contributed by atoms with van der Waals surface area (Å²) < 4.78 is 19.7. The molecule has 0 saturated carbocycles. The van der Waals surface area contributed by atoms with E-state index in [4.69, 9.17) is 4.74 Å². The number of ether oxygens (including phenoxy) is 1. The molecule has 1 amide bonds. The van der Waals surface area contributed by atoms with Crippen LogP contribution < -0.4 is 4.74 Å². The minimum atomic E-state index is -0.339. The Balaban J connectivity index is 1.63. The monoisotopic (exact) mass is 477 g/mol. The van der Waals surface area contributed by atoms with Crippen LogP contribution in [0.5, 0.6) is 5.88 Å². The molecule has 7 heteroatoms. The second kappa shape index (κ2) is 11.0. The Hall–Kier alpha value is -3.29. The molecule has 1 aliphatic rings. The number of amides is 1. The van der Waals surface area contributed by atoms with E-state index in [1.165, 1.54) is 12.1 Å². The van der Waals surface area contributed by atoms with Crippen molar-refractivity contribution in [1.29, 1.82) is 0 Å². The number of pyridine rings is 1. The number of hydrogen-bond acceptors (Lipinski definition) is 5. The van der Waals surface area contributed by atoms with Crippen molar-refractivity contribution in [2.24, 2.45) is 5.92 Å². The van der Waals surface area contributed by atoms with Crippen LogP contribution in [-0.4, -0.2) is 64.7 Å². The van der Waals surface area contributed by atoms with Crippen LogP contribution in [0.25, 0.3) is 11.1 Å². The second-order valence-corrected chi connectivity index (χ2v) is 9.39. The number of aromatic nitrogens is 1. The molecule has 35 heavy (non-hydrogen) atoms. The summed E-state index contributed by atoms with van der Waals surface area (Å²) >= 11 is 0. The van der Waals surface area contributed by atoms with Gasteiger partial charge in [-0.25, -0.2) is 9.37 Å². The van der Waals surface area contributed by atoms with Gasteiger partial charge in [-0.15, -0.1) is 0 Å². The van der Waals surface area contributed by atoms with Crippen LogP contribution in [0.15, 0.2) is 66.9 Å². The molecule has 2 heterocycles. The van der Waals surface area contributed by atoms with E-state index in [9.17, 15) is 14.3 Å². The number of hydrogen-bond donors (Lipinski definition) is 1. The number of likely N-dealkylation sites (N-methyl/N-ethyl adjacent to an activating group) is 1. The molecule has 2 aromatic carbocycles. The van der Waals surface area contributed by atoms with Crippen LogP contribution in [0.4, 0.5) is 4.39 Å². The van der Waals surface area contributed by atoms with E-state index in [1.54, 1.807) is 23.2 Å². The molecule has 4 rings (SSSR count). The number of nitrogens with zero attached hydrogens (tertiary/aromatic N) is 3. The zero-order chi connectivity index (χ0) is 24.9. The van der Waals surface area contributed by atoms with Gasteiger partial charge in [-0.1, -0.05) is 49.4 Å². The third-order valence-electron chi connectivity index (χ3n) is 6.49. The van der Waals surface area contributed by atoms with Gasteiger partial charge in [0, 0.05) is 37.3 Å². The Morgan fingerprint density at radius 2 is 1.89 bits per heavy atom. The summed E-state index contributed by atoms with van der Waals surface area (Å²) in [5.41, 5.74) is 3.19. The normalized spacial score (nSPS) is 19.0. The molecular weight excluding hydrogens is 445 g/mol. The average Bonchev–Trinajstić information content (AvgIpc) is 2.87. The van der Waals surface area contributed by atoms with Crippen LogP contribution in [0.3, 0.4) is 0 Å². The first-order valence-corrected chi connectivity index (χ1v) is 11.9. The molecular formula is C28H32FN3O3. The zero-order valence-electron chi connectivity index (χ0n) is 20.4. The lowest BCUT2D eigenvalue weighted by Crippen LogP contribution is -2.49. The van der Waals surface area contributed by atoms with E-state index in [-0.39, 0.29) is 36.4 Å². The van der Waals surface area contributed by atoms with Gasteiger partial charge in [-0.2, -0.15) is 0 Å². The lowest BCUT2D eigenvalue weighted by molar-refractivity contribution is 0.0325. The fourth-order valence-corrected chi connectivity index (χ4v) is 4.38. The third kappa shape index (κ3) is 5.86. The second-order valence-electron chi connectivity index (χ2n) is 9.39. The predicted octanol–water partition coefficient (Wildman–Crippen LogP) is 4.24. The number of fused-ring (bicyclic) bond motifs is 1. The van der Waals surface area contributed by atoms with Crippen LogP contribution in [0.1, 0.15) is 29.8 Å². The minimum absolute atomic E-state index is 0.00707. The highest BCUT2D eigenvalue weighted by molar-refractivity contribution is 5.98. The van der Waals surface area contributed by atoms with Crippen molar-refractivity contribution in [3.05, 3.63) is 83.8 Å². The van der Waals surface area contributed by atoms with Gasteiger partial charge >= 0.3 is 0 Å². The van der Waals surface area contributed by atoms with Crippen molar-refractivity contribution >= 4 is 5.91 Å². The third-order valence-corrected chi connectivity index (χ3v) is 6.49. The number of aliphatic hydroxyl groups is 1. The molecule has 0 unspecified atom stereocenters. The number of rotatable bonds is 7. The molecule has 184 valence electrons. The topological polar surface area (TPSA) is 65.9 Å². The van der Waals surface area contributed by atoms with Crippen molar-refractivity contribution in [3.8, 4) is 17.0 Å². The fourth-order valence-electron chi connectivity index (χ4n) is 4.38. The van der Waals surface area contributed by atoms with E-state index in [1.807, 2.05) is 57.3 Å². The van der Waals surface area contributed by atoms with Crippen LogP contribution in [-0.2, 0) is 6.54 Å². The number of carbonyl (C=O) groups is 1. The van der Waals surface area contributed by atoms with Gasteiger partial charge in [-0.3, -0.25) is 9.69 Å². The fraction of sp³-hybridized carbons (Fsp3) is 0.357. The number of aliphatic hydroxyl groups excluding tert-OH is 1. The van der Waals surface area contributed by atoms with Crippen molar-refractivity contribution in [2.45, 2.75) is 32.5 Å². The van der Waals surface area contributed by atoms with Gasteiger partial charge in [0.15, 0.2) is 0 Å². The Morgan fingerprint density at radius 3 is 2.57 bits per heavy atom. The van der Waals surface area contributed by atoms with E-state index in [0.717, 1.165) is 16.7 Å². The van der Waals surface area contributed by atoms with E-state index < -0.39 is 0 Å². The highest BCUT2D eigenvalue weighted by Gasteiger charge is 2.34. The molecule has 1 N–H and O–H groups in total. The lowest BCUT2D eigenvalue weighted by Gasteiger charge is -2.37. The highest BCUT2D eigenvalue weighted by Crippen LogP contribution is 2.30. The van der Waals surface area contributed by atoms with Crippen molar-refractivity contribution < 1.29 is 19.0 Å². The van der Waals surface area contributed by atoms with Gasteiger partial charge in [0.25, 0.3) is 5.91 Å². The van der Waals surface area contributed by atoms with Crippen molar-refractivity contribution in [2.75, 3.05) is 26.7 Å². The number of carbonyl (C=O) groups excluding carboxylic acids is 1. The molecule has 0 fully saturated rings. The molecule has 0 aliphatic carbocycles. The van der Waals surface area contributed by atoms with Gasteiger partial charge < -0.3 is 14.7 Å². The highest BCUT2D eigenvalue weighted by atomic mass is 19.1. The molecule has 0 saturated heterocycles. The predicted molar refractivity (Wildman–Crippen MR) is 134 cm³/mol. The van der Waals surface area contributed by atoms with E-state index in [0.29, 0.717) is 31.1 Å². The smallest absolute Gasteiger partial charge is 0.259 e. The number of benzene rings is 2. The summed E-state index contributed by atoms with van der Waals surface area (Å²) in [6, 6.07) is 17.7. The van der Waals surface area contributed by atoms with Crippen molar-refractivity contribution in [1.82, 2.24) is 14.8 Å². The first kappa shape index (κ1) is 24.8. The maximum atomic E-state index is 13.6. The minimum Gasteiger partial charge on any atom is -0.472 e. The molecule has 0 radical (unpaired) electrons. The summed E-state index contributed by atoms with van der Waals surface area (Å²) in [7, 11) is 1.99. The van der Waals surface area contributed by atoms with Gasteiger partial charge in [0.05, 0.1) is 12.6 Å². The largest absolute Gasteiger partial charge is 0.472 e. The van der Waals surface area contributed by atoms with Crippen molar-refractivity contribution in [3.63, 3.8) is 0 Å². The van der Waals surface area contributed by atoms with E-state index >= 15 is 0 Å². The zero-order valence-corrected chi connectivity index (χ0v) is 20.4. The standard InChI is InChI=1S/C28H32FN3O3/c1-19-15-32(20(2)18-33)28(34)25-13-23(22-7-5-4-6-8-22)14-30-27(25)35-26(19)17-31(3)16-21-9-11-24(29)12-10-21/h4-14,19-20,26,33H,15-18H2,1-3H3/t19-,20+,26-/m0/s1. The Labute approximate surface area is 206 Å². The quantitative estimate of drug-likeness (QED) is 0.552. The maximum Gasteiger partial charge on any atom is 0.259 e. The first-order chi connectivity index (χ1) is 16.9. The summed E-state index contributed by atoms with van der Waals surface area (Å²) in [4.78, 5) is 22.0. The molecule has 0 bridgehead atoms. The molecule has 1 aliphatic heterocycles. The van der Waals surface area contributed by atoms with Gasteiger partial charge in [0.1, 0.15) is 17.5 Å². The summed E-state index contributed by atoms with van der Waals surface area (Å²) in [6.07, 6.45) is 1.49. The summed E-state index contributed by atoms with van der Waals surface area (Å²) in [5.74, 6) is -0.158. The molecule has 3 atom stereocenters. The van der Waals surface area contributed by atoms with Gasteiger partial charge in [0.2, 0.25) is 5.88 Å². The summed E-state index contributed by atoms with van der Waals surface area (Å²) in [6.45, 7) is 5.44. The van der Waals surface area contributed by atoms with E-state index in [2.05, 4.69) is 9.88 Å². The molecule has 1 aromatic heterocycles. The summed E-state index contributed by atoms with van der Waals surface area (Å²) in [5, 5.41) is 9.85. The Morgan fingerprint density at radius 1 is 1.17 bits per heavy atom. The first-order valence-electron chi connectivity index (χ1n) is 11.9. The molecule has 6 nitrogen and oxygen atoms in total. The van der Waals surface area contributed by atoms with Gasteiger partial charge in [-0.05, 0) is 43.3 Å². The molecule has 3 aromatic rings.